The molecule has 1 heterocycles. The normalized spacial score (nSPS) is 40.1. The van der Waals surface area contributed by atoms with Gasteiger partial charge in [0.15, 0.2) is 0 Å². The molecule has 1 aliphatic heterocycles. The SMILES string of the molecule is CN(CCO)C1CCN(C(=O)NC2C3C4CCC(C4)C23)CC1. The minimum Gasteiger partial charge on any atom is -0.395 e. The van der Waals surface area contributed by atoms with Crippen molar-refractivity contribution in [3.8, 4) is 0 Å². The summed E-state index contributed by atoms with van der Waals surface area (Å²) in [4.78, 5) is 16.7. The predicted octanol–water partition coefficient (Wildman–Crippen LogP) is 1.13. The zero-order valence-electron chi connectivity index (χ0n) is 13.6. The number of piperidine rings is 1. The number of hydrogen-bond acceptors (Lipinski definition) is 3. The fraction of sp³-hybridized carbons (Fsp3) is 0.941. The Hall–Kier alpha value is -0.810. The summed E-state index contributed by atoms with van der Waals surface area (Å²) in [5.74, 6) is 3.46. The van der Waals surface area contributed by atoms with E-state index in [1.165, 1.54) is 19.3 Å². The highest BCUT2D eigenvalue weighted by atomic mass is 16.3. The first kappa shape index (κ1) is 14.8. The maximum Gasteiger partial charge on any atom is 0.317 e. The highest BCUT2D eigenvalue weighted by molar-refractivity contribution is 5.75. The molecule has 2 N–H and O–H groups in total. The molecule has 22 heavy (non-hydrogen) atoms. The van der Waals surface area contributed by atoms with Gasteiger partial charge in [-0.15, -0.1) is 0 Å². The number of urea groups is 1. The molecule has 4 atom stereocenters. The van der Waals surface area contributed by atoms with Gasteiger partial charge in [0.2, 0.25) is 0 Å². The van der Waals surface area contributed by atoms with E-state index in [-0.39, 0.29) is 12.6 Å². The van der Waals surface area contributed by atoms with Gasteiger partial charge in [-0.25, -0.2) is 4.79 Å². The second-order valence-corrected chi connectivity index (χ2v) is 7.89. The lowest BCUT2D eigenvalue weighted by Crippen LogP contribution is -2.50. The molecular weight excluding hydrogens is 278 g/mol. The smallest absolute Gasteiger partial charge is 0.317 e. The molecule has 0 spiro atoms. The van der Waals surface area contributed by atoms with Crippen LogP contribution in [0.5, 0.6) is 0 Å². The molecule has 3 aliphatic carbocycles. The summed E-state index contributed by atoms with van der Waals surface area (Å²) in [5.41, 5.74) is 0. The van der Waals surface area contributed by atoms with E-state index in [1.807, 2.05) is 4.90 Å². The second kappa shape index (κ2) is 5.68. The van der Waals surface area contributed by atoms with Crippen LogP contribution in [0.2, 0.25) is 0 Å². The number of aliphatic hydroxyl groups excluding tert-OH is 1. The van der Waals surface area contributed by atoms with E-state index >= 15 is 0 Å². The molecule has 3 saturated carbocycles. The van der Waals surface area contributed by atoms with E-state index in [0.717, 1.165) is 56.1 Å². The number of fused-ring (bicyclic) bond motifs is 5. The molecule has 2 bridgehead atoms. The molecule has 4 unspecified atom stereocenters. The van der Waals surface area contributed by atoms with Gasteiger partial charge in [-0.3, -0.25) is 0 Å². The molecule has 4 fully saturated rings. The second-order valence-electron chi connectivity index (χ2n) is 7.89. The van der Waals surface area contributed by atoms with Crippen LogP contribution in [0.1, 0.15) is 32.1 Å². The van der Waals surface area contributed by atoms with E-state index in [0.29, 0.717) is 12.1 Å². The van der Waals surface area contributed by atoms with Gasteiger partial charge in [0, 0.05) is 31.7 Å². The molecular formula is C17H29N3O2. The number of carbonyl (C=O) groups is 1. The van der Waals surface area contributed by atoms with E-state index in [2.05, 4.69) is 17.3 Å². The Morgan fingerprint density at radius 1 is 1.18 bits per heavy atom. The quantitative estimate of drug-likeness (QED) is 0.818. The van der Waals surface area contributed by atoms with Crippen LogP contribution in [0.25, 0.3) is 0 Å². The Morgan fingerprint density at radius 2 is 1.82 bits per heavy atom. The fourth-order valence-electron chi connectivity index (χ4n) is 5.60. The minimum atomic E-state index is 0.169. The molecule has 0 radical (unpaired) electrons. The van der Waals surface area contributed by atoms with Crippen LogP contribution < -0.4 is 5.32 Å². The molecule has 1 saturated heterocycles. The summed E-state index contributed by atoms with van der Waals surface area (Å²) < 4.78 is 0. The van der Waals surface area contributed by atoms with Crippen molar-refractivity contribution in [2.24, 2.45) is 23.7 Å². The van der Waals surface area contributed by atoms with Gasteiger partial charge in [0.25, 0.3) is 0 Å². The zero-order valence-corrected chi connectivity index (χ0v) is 13.6. The highest BCUT2D eigenvalue weighted by Gasteiger charge is 2.65. The van der Waals surface area contributed by atoms with Crippen molar-refractivity contribution in [1.82, 2.24) is 15.1 Å². The number of nitrogens with zero attached hydrogens (tertiary/aromatic N) is 2. The van der Waals surface area contributed by atoms with Crippen molar-refractivity contribution >= 4 is 6.03 Å². The Morgan fingerprint density at radius 3 is 2.41 bits per heavy atom. The summed E-state index contributed by atoms with van der Waals surface area (Å²) in [7, 11) is 2.07. The Kier molecular flexibility index (Phi) is 3.81. The Bertz CT molecular complexity index is 420. The van der Waals surface area contributed by atoms with Crippen LogP contribution in [-0.2, 0) is 0 Å². The molecule has 0 aromatic carbocycles. The van der Waals surface area contributed by atoms with Crippen LogP contribution in [-0.4, -0.2) is 66.3 Å². The van der Waals surface area contributed by atoms with E-state index < -0.39 is 0 Å². The largest absolute Gasteiger partial charge is 0.395 e. The summed E-state index contributed by atoms with van der Waals surface area (Å²) in [6.45, 7) is 2.64. The number of amides is 2. The van der Waals surface area contributed by atoms with Gasteiger partial charge < -0.3 is 20.2 Å². The monoisotopic (exact) mass is 307 g/mol. The average Bonchev–Trinajstić information content (AvgIpc) is 2.92. The van der Waals surface area contributed by atoms with Gasteiger partial charge in [-0.05, 0) is 62.8 Å². The van der Waals surface area contributed by atoms with Crippen LogP contribution in [0.15, 0.2) is 0 Å². The number of aliphatic hydroxyl groups is 1. The number of nitrogens with one attached hydrogen (secondary N) is 1. The van der Waals surface area contributed by atoms with Gasteiger partial charge >= 0.3 is 6.03 Å². The van der Waals surface area contributed by atoms with Crippen LogP contribution in [0, 0.1) is 23.7 Å². The average molecular weight is 307 g/mol. The van der Waals surface area contributed by atoms with E-state index in [4.69, 9.17) is 5.11 Å². The number of carbonyl (C=O) groups excluding carboxylic acids is 1. The topological polar surface area (TPSA) is 55.8 Å². The third-order valence-electron chi connectivity index (χ3n) is 6.85. The molecule has 0 aromatic rings. The first-order chi connectivity index (χ1) is 10.7. The third kappa shape index (κ3) is 2.42. The van der Waals surface area contributed by atoms with Crippen molar-refractivity contribution in [1.29, 1.82) is 0 Å². The molecule has 5 nitrogen and oxygen atoms in total. The Labute approximate surface area is 133 Å². The van der Waals surface area contributed by atoms with Crippen molar-refractivity contribution in [3.63, 3.8) is 0 Å². The third-order valence-corrected chi connectivity index (χ3v) is 6.85. The molecule has 5 heteroatoms. The van der Waals surface area contributed by atoms with Gasteiger partial charge in [-0.2, -0.15) is 0 Å². The van der Waals surface area contributed by atoms with Crippen LogP contribution >= 0.6 is 0 Å². The van der Waals surface area contributed by atoms with E-state index in [9.17, 15) is 4.79 Å². The number of likely N-dealkylation sites (N-methyl/N-ethyl adjacent to an activating group) is 1. The lowest BCUT2D eigenvalue weighted by atomic mass is 10.0. The van der Waals surface area contributed by atoms with Gasteiger partial charge in [0.05, 0.1) is 6.61 Å². The van der Waals surface area contributed by atoms with Crippen molar-refractivity contribution in [3.05, 3.63) is 0 Å². The van der Waals surface area contributed by atoms with Crippen molar-refractivity contribution in [2.45, 2.75) is 44.2 Å². The van der Waals surface area contributed by atoms with Crippen molar-refractivity contribution < 1.29 is 9.90 Å². The lowest BCUT2D eigenvalue weighted by molar-refractivity contribution is 0.118. The fourth-order valence-corrected chi connectivity index (χ4v) is 5.60. The summed E-state index contributed by atoms with van der Waals surface area (Å²) in [6.07, 6.45) is 6.28. The number of likely N-dealkylation sites (tertiary alicyclic amines) is 1. The zero-order chi connectivity index (χ0) is 15.3. The molecule has 2 amide bonds. The van der Waals surface area contributed by atoms with Gasteiger partial charge in [-0.1, -0.05) is 0 Å². The molecule has 124 valence electrons. The first-order valence-corrected chi connectivity index (χ1v) is 9.05. The lowest BCUT2D eigenvalue weighted by Gasteiger charge is -2.36. The molecule has 0 aromatic heterocycles. The summed E-state index contributed by atoms with van der Waals surface area (Å²) in [5, 5.41) is 12.4. The minimum absolute atomic E-state index is 0.169. The number of hydrogen-bond donors (Lipinski definition) is 2. The first-order valence-electron chi connectivity index (χ1n) is 9.05. The highest BCUT2D eigenvalue weighted by Crippen LogP contribution is 2.65. The maximum atomic E-state index is 12.5. The summed E-state index contributed by atoms with van der Waals surface area (Å²) in [6, 6.07) is 1.17. The maximum absolute atomic E-state index is 12.5. The number of rotatable bonds is 4. The van der Waals surface area contributed by atoms with Crippen molar-refractivity contribution in [2.75, 3.05) is 33.3 Å². The van der Waals surface area contributed by atoms with E-state index in [1.54, 1.807) is 0 Å². The van der Waals surface area contributed by atoms with Crippen LogP contribution in [0.3, 0.4) is 0 Å². The standard InChI is InChI=1S/C17H29N3O2/c1-19(8-9-21)13-4-6-20(7-5-13)17(22)18-16-14-11-2-3-12(10-11)15(14)16/h11-16,21H,2-10H2,1H3,(H,18,22). The van der Waals surface area contributed by atoms with Crippen LogP contribution in [0.4, 0.5) is 4.79 Å². The van der Waals surface area contributed by atoms with Gasteiger partial charge in [0.1, 0.15) is 0 Å². The molecule has 4 rings (SSSR count). The predicted molar refractivity (Wildman–Crippen MR) is 84.4 cm³/mol. The Balaban J connectivity index is 1.24. The molecule has 4 aliphatic rings. The summed E-state index contributed by atoms with van der Waals surface area (Å²) >= 11 is 0.